The van der Waals surface area contributed by atoms with Gasteiger partial charge in [-0.25, -0.2) is 19.9 Å². The highest BCUT2D eigenvalue weighted by atomic mass is 79.9. The molecule has 0 unspecified atom stereocenters. The summed E-state index contributed by atoms with van der Waals surface area (Å²) in [7, 11) is 0. The Morgan fingerprint density at radius 1 is 1.13 bits per heavy atom. The Bertz CT molecular complexity index is 328. The Kier molecular flexibility index (Phi) is 6.64. The van der Waals surface area contributed by atoms with E-state index >= 15 is 0 Å². The maximum Gasteiger partial charge on any atom is 0.181 e. The molecule has 1 N–H and O–H groups in total. The van der Waals surface area contributed by atoms with Crippen LogP contribution in [-0.2, 0) is 0 Å². The minimum Gasteiger partial charge on any atom is -0.394 e. The van der Waals surface area contributed by atoms with Crippen molar-refractivity contribution in [2.24, 2.45) is 0 Å². The fraction of sp³-hybridized carbons (Fsp3) is 0.333. The second-order valence-corrected chi connectivity index (χ2v) is 2.88. The number of hydrogen-bond donors (Lipinski definition) is 1. The Morgan fingerprint density at radius 2 is 1.73 bits per heavy atom. The maximum atomic E-state index is 8.06. The number of aromatic nitrogens is 4. The molecule has 2 heterocycles. The molecule has 0 fully saturated rings. The Labute approximate surface area is 98.4 Å². The number of halogens is 1. The van der Waals surface area contributed by atoms with Gasteiger partial charge in [0.2, 0.25) is 0 Å². The average molecular weight is 273 g/mol. The molecule has 0 amide bonds. The van der Waals surface area contributed by atoms with Crippen molar-refractivity contribution in [3.8, 4) is 0 Å². The molecule has 2 aromatic rings. The molecule has 0 saturated heterocycles. The fourth-order valence-electron chi connectivity index (χ4n) is 0.724. The normalized spacial score (nSPS) is 9.07. The summed E-state index contributed by atoms with van der Waals surface area (Å²) in [5, 5.41) is 8.06. The van der Waals surface area contributed by atoms with Gasteiger partial charge in [0.05, 0.1) is 6.20 Å². The number of hydrogen-bond acceptors (Lipinski definition) is 5. The first kappa shape index (κ1) is 13.9. The standard InChI is InChI=1S/C6H4N4.C3H8O.BrH/c1-2-9-6-5(8-1)3-7-4-10-6;1-3(2)4;/h1-4H;3-4H,1-2H3;1H. The molecular formula is C9H13BrN4O. The predicted octanol–water partition coefficient (Wildman–Crippen LogP) is 1.38. The summed E-state index contributed by atoms with van der Waals surface area (Å²) in [6, 6.07) is 0. The van der Waals surface area contributed by atoms with Crippen LogP contribution in [0.15, 0.2) is 24.9 Å². The van der Waals surface area contributed by atoms with E-state index in [1.54, 1.807) is 32.4 Å². The predicted molar refractivity (Wildman–Crippen MR) is 62.8 cm³/mol. The molecule has 0 saturated carbocycles. The van der Waals surface area contributed by atoms with Crippen molar-refractivity contribution in [3.05, 3.63) is 24.9 Å². The van der Waals surface area contributed by atoms with Gasteiger partial charge in [-0.3, -0.25) is 0 Å². The first-order valence-electron chi connectivity index (χ1n) is 4.25. The van der Waals surface area contributed by atoms with Crippen molar-refractivity contribution < 1.29 is 5.11 Å². The molecule has 0 aliphatic carbocycles. The van der Waals surface area contributed by atoms with Crippen LogP contribution in [0, 0.1) is 0 Å². The van der Waals surface area contributed by atoms with Gasteiger partial charge < -0.3 is 5.11 Å². The highest BCUT2D eigenvalue weighted by Crippen LogP contribution is 1.98. The Hall–Kier alpha value is -1.14. The van der Waals surface area contributed by atoms with Gasteiger partial charge in [0.15, 0.2) is 5.65 Å². The van der Waals surface area contributed by atoms with E-state index in [9.17, 15) is 0 Å². The monoisotopic (exact) mass is 272 g/mol. The zero-order valence-electron chi connectivity index (χ0n) is 8.53. The summed E-state index contributed by atoms with van der Waals surface area (Å²) in [5.74, 6) is 0. The van der Waals surface area contributed by atoms with Crippen molar-refractivity contribution in [1.29, 1.82) is 0 Å². The fourth-order valence-corrected chi connectivity index (χ4v) is 0.724. The Balaban J connectivity index is 0.000000346. The van der Waals surface area contributed by atoms with Crippen LogP contribution >= 0.6 is 17.0 Å². The molecule has 15 heavy (non-hydrogen) atoms. The lowest BCUT2D eigenvalue weighted by Crippen LogP contribution is -1.85. The van der Waals surface area contributed by atoms with Gasteiger partial charge in [0, 0.05) is 18.5 Å². The van der Waals surface area contributed by atoms with Gasteiger partial charge in [-0.2, -0.15) is 0 Å². The number of aliphatic hydroxyl groups is 1. The van der Waals surface area contributed by atoms with E-state index in [1.165, 1.54) is 6.33 Å². The van der Waals surface area contributed by atoms with Gasteiger partial charge in [0.1, 0.15) is 11.8 Å². The zero-order valence-corrected chi connectivity index (χ0v) is 10.2. The van der Waals surface area contributed by atoms with Crippen molar-refractivity contribution >= 4 is 28.1 Å². The number of rotatable bonds is 0. The van der Waals surface area contributed by atoms with Gasteiger partial charge in [0.25, 0.3) is 0 Å². The average Bonchev–Trinajstić information content (AvgIpc) is 2.17. The molecule has 2 rings (SSSR count). The van der Waals surface area contributed by atoms with Crippen LogP contribution in [0.25, 0.3) is 11.2 Å². The third kappa shape index (κ3) is 5.34. The number of nitrogens with zero attached hydrogens (tertiary/aromatic N) is 4. The molecule has 2 aromatic heterocycles. The minimum atomic E-state index is -0.167. The van der Waals surface area contributed by atoms with Gasteiger partial charge in [-0.05, 0) is 13.8 Å². The van der Waals surface area contributed by atoms with Crippen LogP contribution in [0.2, 0.25) is 0 Å². The van der Waals surface area contributed by atoms with E-state index in [1.807, 2.05) is 0 Å². The summed E-state index contributed by atoms with van der Waals surface area (Å²) in [5.41, 5.74) is 1.36. The van der Waals surface area contributed by atoms with E-state index in [2.05, 4.69) is 19.9 Å². The molecule has 0 atom stereocenters. The maximum absolute atomic E-state index is 8.06. The molecule has 0 aromatic carbocycles. The second-order valence-electron chi connectivity index (χ2n) is 2.88. The Morgan fingerprint density at radius 3 is 2.33 bits per heavy atom. The zero-order chi connectivity index (χ0) is 10.4. The van der Waals surface area contributed by atoms with Gasteiger partial charge >= 0.3 is 0 Å². The van der Waals surface area contributed by atoms with Crippen LogP contribution in [0.1, 0.15) is 13.8 Å². The number of aliphatic hydroxyl groups excluding tert-OH is 1. The lowest BCUT2D eigenvalue weighted by atomic mass is 10.5. The third-order valence-corrected chi connectivity index (χ3v) is 1.15. The minimum absolute atomic E-state index is 0. The topological polar surface area (TPSA) is 71.8 Å². The first-order chi connectivity index (χ1) is 6.70. The van der Waals surface area contributed by atoms with E-state index in [4.69, 9.17) is 5.11 Å². The van der Waals surface area contributed by atoms with Crippen molar-refractivity contribution in [2.75, 3.05) is 0 Å². The van der Waals surface area contributed by atoms with Crippen LogP contribution in [0.4, 0.5) is 0 Å². The van der Waals surface area contributed by atoms with E-state index in [-0.39, 0.29) is 23.1 Å². The molecule has 0 spiro atoms. The molecule has 5 nitrogen and oxygen atoms in total. The summed E-state index contributed by atoms with van der Waals surface area (Å²) in [6.45, 7) is 3.44. The summed E-state index contributed by atoms with van der Waals surface area (Å²) < 4.78 is 0. The van der Waals surface area contributed by atoms with Crippen LogP contribution in [0.5, 0.6) is 0 Å². The third-order valence-electron chi connectivity index (χ3n) is 1.15. The summed E-state index contributed by atoms with van der Waals surface area (Å²) >= 11 is 0. The van der Waals surface area contributed by atoms with Gasteiger partial charge in [-0.1, -0.05) is 0 Å². The SMILES string of the molecule is Br.CC(C)O.c1cnc2ncncc2n1. The van der Waals surface area contributed by atoms with E-state index in [0.29, 0.717) is 5.65 Å². The summed E-state index contributed by atoms with van der Waals surface area (Å²) in [6.07, 6.45) is 6.15. The largest absolute Gasteiger partial charge is 0.394 e. The highest BCUT2D eigenvalue weighted by molar-refractivity contribution is 8.93. The number of fused-ring (bicyclic) bond motifs is 1. The van der Waals surface area contributed by atoms with Crippen LogP contribution in [-0.4, -0.2) is 31.1 Å². The lowest BCUT2D eigenvalue weighted by molar-refractivity contribution is 0.216. The molecule has 0 radical (unpaired) electrons. The van der Waals surface area contributed by atoms with Crippen LogP contribution in [0.3, 0.4) is 0 Å². The van der Waals surface area contributed by atoms with Crippen molar-refractivity contribution in [3.63, 3.8) is 0 Å². The molecule has 6 heteroatoms. The molecule has 0 aliphatic heterocycles. The molecule has 82 valence electrons. The van der Waals surface area contributed by atoms with Crippen molar-refractivity contribution in [2.45, 2.75) is 20.0 Å². The molecule has 0 aliphatic rings. The second kappa shape index (κ2) is 7.19. The lowest BCUT2D eigenvalue weighted by Gasteiger charge is -1.89. The quantitative estimate of drug-likeness (QED) is 0.785. The first-order valence-corrected chi connectivity index (χ1v) is 4.25. The highest BCUT2D eigenvalue weighted by Gasteiger charge is 1.90. The molecular weight excluding hydrogens is 260 g/mol. The van der Waals surface area contributed by atoms with Gasteiger partial charge in [-0.15, -0.1) is 17.0 Å². The van der Waals surface area contributed by atoms with E-state index in [0.717, 1.165) is 5.52 Å². The van der Waals surface area contributed by atoms with Crippen LogP contribution < -0.4 is 0 Å². The van der Waals surface area contributed by atoms with Crippen molar-refractivity contribution in [1.82, 2.24) is 19.9 Å². The molecule has 0 bridgehead atoms. The smallest absolute Gasteiger partial charge is 0.181 e. The summed E-state index contributed by atoms with van der Waals surface area (Å²) in [4.78, 5) is 15.7. The van der Waals surface area contributed by atoms with E-state index < -0.39 is 0 Å².